The number of esters is 1. The van der Waals surface area contributed by atoms with Crippen molar-refractivity contribution in [1.29, 1.82) is 0 Å². The van der Waals surface area contributed by atoms with Crippen LogP contribution in [0.15, 0.2) is 0 Å². The van der Waals surface area contributed by atoms with E-state index in [9.17, 15) is 4.79 Å². The van der Waals surface area contributed by atoms with Crippen molar-refractivity contribution in [2.45, 2.75) is 27.2 Å². The summed E-state index contributed by atoms with van der Waals surface area (Å²) in [6.07, 6.45) is 0.884. The summed E-state index contributed by atoms with van der Waals surface area (Å²) in [5.41, 5.74) is 0. The van der Waals surface area contributed by atoms with Crippen LogP contribution in [0.4, 0.5) is 0 Å². The van der Waals surface area contributed by atoms with Gasteiger partial charge in [-0.05, 0) is 13.5 Å². The molecule has 0 spiro atoms. The zero-order valence-corrected chi connectivity index (χ0v) is 7.94. The normalized spacial score (nSPS) is 8.00. The Hall–Kier alpha value is -0.570. The van der Waals surface area contributed by atoms with Crippen molar-refractivity contribution >= 4 is 5.97 Å². The summed E-state index contributed by atoms with van der Waals surface area (Å²) in [4.78, 5) is 10.5. The fourth-order valence-electron chi connectivity index (χ4n) is 0.411. The first kappa shape index (κ1) is 13.1. The lowest BCUT2D eigenvalue weighted by molar-refractivity contribution is -0.142. The van der Waals surface area contributed by atoms with Gasteiger partial charge in [0.2, 0.25) is 0 Å². The van der Waals surface area contributed by atoms with Gasteiger partial charge in [0.1, 0.15) is 0 Å². The van der Waals surface area contributed by atoms with Gasteiger partial charge in [-0.1, -0.05) is 20.8 Å². The Kier molecular flexibility index (Phi) is 14.4. The lowest BCUT2D eigenvalue weighted by Crippen LogP contribution is -2.20. The van der Waals surface area contributed by atoms with Gasteiger partial charge in [0.15, 0.2) is 0 Å². The third-order valence-corrected chi connectivity index (χ3v) is 0.788. The Morgan fingerprint density at radius 2 is 2.00 bits per heavy atom. The molecular weight excluding hydrogens is 142 g/mol. The van der Waals surface area contributed by atoms with Gasteiger partial charge >= 0.3 is 5.97 Å². The molecule has 0 bridgehead atoms. The van der Waals surface area contributed by atoms with Crippen LogP contribution in [0.3, 0.4) is 0 Å². The molecule has 0 saturated carbocycles. The van der Waals surface area contributed by atoms with Crippen LogP contribution in [0.1, 0.15) is 27.2 Å². The first-order valence-corrected chi connectivity index (χ1v) is 4.11. The van der Waals surface area contributed by atoms with Crippen molar-refractivity contribution < 1.29 is 9.53 Å². The largest absolute Gasteiger partial charge is 0.465 e. The van der Waals surface area contributed by atoms with E-state index in [1.54, 1.807) is 7.05 Å². The van der Waals surface area contributed by atoms with Gasteiger partial charge in [-0.25, -0.2) is 0 Å². The van der Waals surface area contributed by atoms with Gasteiger partial charge in [-0.3, -0.25) is 4.79 Å². The molecule has 0 aliphatic heterocycles. The Morgan fingerprint density at radius 1 is 1.45 bits per heavy atom. The molecule has 0 aromatic carbocycles. The molecule has 0 amide bonds. The van der Waals surface area contributed by atoms with E-state index in [0.29, 0.717) is 13.2 Å². The van der Waals surface area contributed by atoms with E-state index in [4.69, 9.17) is 4.74 Å². The predicted octanol–water partition coefficient (Wildman–Crippen LogP) is 1.19. The maximum atomic E-state index is 10.5. The van der Waals surface area contributed by atoms with Gasteiger partial charge in [0, 0.05) is 0 Å². The number of nitrogens with one attached hydrogen (secondary N) is 1. The molecule has 3 heteroatoms. The molecule has 11 heavy (non-hydrogen) atoms. The molecule has 1 N–H and O–H groups in total. The molecule has 0 fully saturated rings. The molecule has 0 unspecified atom stereocenters. The number of likely N-dealkylation sites (N-methyl/N-ethyl adjacent to an activating group) is 1. The summed E-state index contributed by atoms with van der Waals surface area (Å²) in [5, 5.41) is 2.70. The van der Waals surface area contributed by atoms with E-state index in [1.165, 1.54) is 0 Å². The summed E-state index contributed by atoms with van der Waals surface area (Å²) in [6.45, 7) is 6.80. The number of hydrogen-bond donors (Lipinski definition) is 1. The minimum atomic E-state index is -0.181. The Bertz CT molecular complexity index is 84.2. The van der Waals surface area contributed by atoms with E-state index in [-0.39, 0.29) is 5.97 Å². The van der Waals surface area contributed by atoms with Crippen LogP contribution in [0.25, 0.3) is 0 Å². The van der Waals surface area contributed by atoms with Gasteiger partial charge in [0.05, 0.1) is 13.2 Å². The van der Waals surface area contributed by atoms with Crippen molar-refractivity contribution in [1.82, 2.24) is 5.32 Å². The molecule has 0 rings (SSSR count). The minimum Gasteiger partial charge on any atom is -0.465 e. The minimum absolute atomic E-state index is 0.181. The zero-order chi connectivity index (χ0) is 9.11. The maximum absolute atomic E-state index is 10.5. The van der Waals surface area contributed by atoms with Crippen LogP contribution >= 0.6 is 0 Å². The van der Waals surface area contributed by atoms with Gasteiger partial charge < -0.3 is 10.1 Å². The molecule has 0 aromatic heterocycles. The van der Waals surface area contributed by atoms with Crippen molar-refractivity contribution in [2.24, 2.45) is 0 Å². The average molecular weight is 161 g/mol. The summed E-state index contributed by atoms with van der Waals surface area (Å²) >= 11 is 0. The van der Waals surface area contributed by atoms with E-state index < -0.39 is 0 Å². The highest BCUT2D eigenvalue weighted by Crippen LogP contribution is 1.79. The van der Waals surface area contributed by atoms with E-state index in [2.05, 4.69) is 5.32 Å². The van der Waals surface area contributed by atoms with Crippen LogP contribution in [-0.4, -0.2) is 26.2 Å². The van der Waals surface area contributed by atoms with Crippen LogP contribution in [0.5, 0.6) is 0 Å². The highest BCUT2D eigenvalue weighted by Gasteiger charge is 1.96. The molecule has 0 heterocycles. The number of carbonyl (C=O) groups excluding carboxylic acids is 1. The molecule has 0 radical (unpaired) electrons. The lowest BCUT2D eigenvalue weighted by atomic mass is 10.5. The van der Waals surface area contributed by atoms with E-state index in [0.717, 1.165) is 6.42 Å². The number of hydrogen-bond acceptors (Lipinski definition) is 3. The third kappa shape index (κ3) is 12.6. The highest BCUT2D eigenvalue weighted by molar-refractivity contribution is 5.71. The van der Waals surface area contributed by atoms with Crippen LogP contribution in [-0.2, 0) is 9.53 Å². The molecule has 0 aliphatic carbocycles. The van der Waals surface area contributed by atoms with Gasteiger partial charge in [-0.2, -0.15) is 0 Å². The van der Waals surface area contributed by atoms with Crippen molar-refractivity contribution in [3.05, 3.63) is 0 Å². The maximum Gasteiger partial charge on any atom is 0.319 e. The monoisotopic (exact) mass is 161 g/mol. The van der Waals surface area contributed by atoms with Crippen molar-refractivity contribution in [3.8, 4) is 0 Å². The summed E-state index contributed by atoms with van der Waals surface area (Å²) < 4.78 is 4.73. The standard InChI is InChI=1S/C6H13NO2.C2H6/c1-3-4-9-6(8)5-7-2;1-2/h7H,3-5H2,1-2H3;1-2H3. The third-order valence-electron chi connectivity index (χ3n) is 0.788. The molecule has 0 aromatic rings. The fourth-order valence-corrected chi connectivity index (χ4v) is 0.411. The van der Waals surface area contributed by atoms with Gasteiger partial charge in [-0.15, -0.1) is 0 Å². The molecule has 0 atom stereocenters. The quantitative estimate of drug-likeness (QED) is 0.629. The van der Waals surface area contributed by atoms with Crippen LogP contribution in [0.2, 0.25) is 0 Å². The first-order chi connectivity index (χ1) is 5.31. The molecule has 3 nitrogen and oxygen atoms in total. The topological polar surface area (TPSA) is 38.3 Å². The SMILES string of the molecule is CC.CCCOC(=O)CNC. The van der Waals surface area contributed by atoms with E-state index in [1.807, 2.05) is 20.8 Å². The Labute approximate surface area is 69.1 Å². The second kappa shape index (κ2) is 12.1. The molecular formula is C8H19NO2. The molecule has 0 saturated heterocycles. The van der Waals surface area contributed by atoms with Crippen LogP contribution < -0.4 is 5.32 Å². The zero-order valence-electron chi connectivity index (χ0n) is 7.94. The van der Waals surface area contributed by atoms with Gasteiger partial charge in [0.25, 0.3) is 0 Å². The second-order valence-corrected chi connectivity index (χ2v) is 1.75. The molecule has 0 aliphatic rings. The Balaban J connectivity index is 0. The predicted molar refractivity (Wildman–Crippen MR) is 46.5 cm³/mol. The van der Waals surface area contributed by atoms with Crippen molar-refractivity contribution in [3.63, 3.8) is 0 Å². The smallest absolute Gasteiger partial charge is 0.319 e. The average Bonchev–Trinajstić information content (AvgIpc) is 2.05. The van der Waals surface area contributed by atoms with Crippen molar-refractivity contribution in [2.75, 3.05) is 20.2 Å². The Morgan fingerprint density at radius 3 is 2.36 bits per heavy atom. The number of carbonyl (C=O) groups is 1. The first-order valence-electron chi connectivity index (χ1n) is 4.11. The van der Waals surface area contributed by atoms with Crippen LogP contribution in [0, 0.1) is 0 Å². The van der Waals surface area contributed by atoms with E-state index >= 15 is 0 Å². The summed E-state index contributed by atoms with van der Waals surface area (Å²) in [7, 11) is 1.72. The number of rotatable bonds is 4. The fraction of sp³-hybridized carbons (Fsp3) is 0.875. The molecule has 68 valence electrons. The summed E-state index contributed by atoms with van der Waals surface area (Å²) in [5.74, 6) is -0.181. The highest BCUT2D eigenvalue weighted by atomic mass is 16.5. The number of ether oxygens (including phenoxy) is 1. The summed E-state index contributed by atoms with van der Waals surface area (Å²) in [6, 6.07) is 0. The second-order valence-electron chi connectivity index (χ2n) is 1.75. The lowest BCUT2D eigenvalue weighted by Gasteiger charge is -1.99.